The maximum atomic E-state index is 13.7. The summed E-state index contributed by atoms with van der Waals surface area (Å²) in [5, 5.41) is 12.4. The number of hydrogen-bond donors (Lipinski definition) is 2. The van der Waals surface area contributed by atoms with Crippen molar-refractivity contribution < 1.29 is 37.7 Å². The number of hydrogen-bond acceptors (Lipinski definition) is 7. The minimum Gasteiger partial charge on any atom is -0.481 e. The zero-order valence-electron chi connectivity index (χ0n) is 20.4. The first kappa shape index (κ1) is 27.1. The summed E-state index contributed by atoms with van der Waals surface area (Å²) < 4.78 is 40.4. The topological polar surface area (TPSA) is 110 Å². The fraction of sp³-hybridized carbons (Fsp3) is 0.480. The normalized spacial score (nSPS) is 18.3. The molecule has 0 aliphatic heterocycles. The van der Waals surface area contributed by atoms with Crippen molar-refractivity contribution in [3.63, 3.8) is 0 Å². The lowest BCUT2D eigenvalue weighted by atomic mass is 9.84. The van der Waals surface area contributed by atoms with Crippen LogP contribution in [0.15, 0.2) is 36.4 Å². The number of aliphatic hydroxyl groups excluding tert-OH is 1. The molecule has 2 aromatic rings. The Labute approximate surface area is 208 Å². The van der Waals surface area contributed by atoms with Crippen molar-refractivity contribution in [2.75, 3.05) is 31.0 Å². The Balaban J connectivity index is 1.97. The van der Waals surface area contributed by atoms with Crippen LogP contribution in [0.2, 0.25) is 0 Å². The van der Waals surface area contributed by atoms with E-state index in [1.165, 1.54) is 26.4 Å². The fourth-order valence-corrected chi connectivity index (χ4v) is 4.41. The zero-order valence-corrected chi connectivity index (χ0v) is 20.4. The van der Waals surface area contributed by atoms with E-state index in [2.05, 4.69) is 15.0 Å². The van der Waals surface area contributed by atoms with Crippen molar-refractivity contribution in [2.24, 2.45) is 5.92 Å². The van der Waals surface area contributed by atoms with Gasteiger partial charge in [0, 0.05) is 30.3 Å². The molecule has 1 fully saturated rings. The van der Waals surface area contributed by atoms with Gasteiger partial charge in [0.15, 0.2) is 0 Å². The highest BCUT2D eigenvalue weighted by atomic mass is 19.3. The summed E-state index contributed by atoms with van der Waals surface area (Å²) in [7, 11) is 2.68. The Kier molecular flexibility index (Phi) is 9.40. The molecule has 1 heterocycles. The van der Waals surface area contributed by atoms with E-state index in [1.54, 1.807) is 17.0 Å². The van der Waals surface area contributed by atoms with E-state index in [4.69, 9.17) is 9.47 Å². The quantitative estimate of drug-likeness (QED) is 0.479. The molecule has 1 atom stereocenters. The minimum atomic E-state index is -3.16. The molecule has 1 unspecified atom stereocenters. The van der Waals surface area contributed by atoms with Crippen LogP contribution in [0.3, 0.4) is 0 Å². The Morgan fingerprint density at radius 2 is 1.83 bits per heavy atom. The molecule has 2 N–H and O–H groups in total. The van der Waals surface area contributed by atoms with Crippen molar-refractivity contribution >= 4 is 23.4 Å². The molecule has 3 rings (SSSR count). The van der Waals surface area contributed by atoms with E-state index >= 15 is 0 Å². The van der Waals surface area contributed by atoms with Gasteiger partial charge < -0.3 is 24.6 Å². The number of ether oxygens (including phenoxy) is 3. The van der Waals surface area contributed by atoms with Gasteiger partial charge in [0.05, 0.1) is 20.1 Å². The Morgan fingerprint density at radius 1 is 1.14 bits per heavy atom. The molecule has 36 heavy (non-hydrogen) atoms. The number of urea groups is 1. The molecule has 1 aromatic carbocycles. The van der Waals surface area contributed by atoms with Crippen LogP contribution in [0.1, 0.15) is 44.1 Å². The SMILES string of the molecule is COC(=O)C1CCC(N(C(=O)Nc2ccc(OC)nc2OC(F)F)c2ccccc2C(C)CO)CC1. The molecule has 196 valence electrons. The van der Waals surface area contributed by atoms with Gasteiger partial charge in [0.2, 0.25) is 11.8 Å². The Bertz CT molecular complexity index is 1050. The summed E-state index contributed by atoms with van der Waals surface area (Å²) in [6.07, 6.45) is 2.11. The number of amides is 2. The number of para-hydroxylation sites is 1. The third-order valence-electron chi connectivity index (χ3n) is 6.30. The number of alkyl halides is 2. The molecule has 0 saturated heterocycles. The lowest BCUT2D eigenvalue weighted by Gasteiger charge is -2.37. The molecule has 0 radical (unpaired) electrons. The highest BCUT2D eigenvalue weighted by molar-refractivity contribution is 6.03. The van der Waals surface area contributed by atoms with Crippen LogP contribution in [-0.2, 0) is 9.53 Å². The molecule has 1 aliphatic carbocycles. The molecule has 1 aliphatic rings. The number of rotatable bonds is 9. The van der Waals surface area contributed by atoms with E-state index < -0.39 is 18.5 Å². The second-order valence-corrected chi connectivity index (χ2v) is 8.56. The summed E-state index contributed by atoms with van der Waals surface area (Å²) >= 11 is 0. The molecule has 2 amide bonds. The van der Waals surface area contributed by atoms with Crippen molar-refractivity contribution in [3.8, 4) is 11.8 Å². The van der Waals surface area contributed by atoms with E-state index in [9.17, 15) is 23.5 Å². The summed E-state index contributed by atoms with van der Waals surface area (Å²) in [4.78, 5) is 31.2. The maximum Gasteiger partial charge on any atom is 0.388 e. The number of nitrogens with one attached hydrogen (secondary N) is 1. The van der Waals surface area contributed by atoms with Gasteiger partial charge in [-0.15, -0.1) is 0 Å². The van der Waals surface area contributed by atoms with Gasteiger partial charge in [0.1, 0.15) is 5.69 Å². The molecule has 9 nitrogen and oxygen atoms in total. The second kappa shape index (κ2) is 12.5. The Hall–Kier alpha value is -3.47. The van der Waals surface area contributed by atoms with E-state index in [-0.39, 0.29) is 42.0 Å². The van der Waals surface area contributed by atoms with E-state index in [1.807, 2.05) is 19.1 Å². The van der Waals surface area contributed by atoms with E-state index in [0.29, 0.717) is 31.4 Å². The number of halogens is 2. The highest BCUT2D eigenvalue weighted by Crippen LogP contribution is 2.36. The van der Waals surface area contributed by atoms with Crippen molar-refractivity contribution in [1.82, 2.24) is 4.98 Å². The first-order valence-corrected chi connectivity index (χ1v) is 11.7. The number of carbonyl (C=O) groups is 2. The van der Waals surface area contributed by atoms with Crippen LogP contribution in [-0.4, -0.2) is 55.6 Å². The number of methoxy groups -OCH3 is 2. The van der Waals surface area contributed by atoms with Gasteiger partial charge in [-0.3, -0.25) is 9.69 Å². The number of benzene rings is 1. The van der Waals surface area contributed by atoms with Crippen molar-refractivity contribution in [3.05, 3.63) is 42.0 Å². The number of carbonyl (C=O) groups excluding carboxylic acids is 2. The number of anilines is 2. The van der Waals surface area contributed by atoms with Crippen LogP contribution in [0.5, 0.6) is 11.8 Å². The van der Waals surface area contributed by atoms with Gasteiger partial charge in [0.25, 0.3) is 0 Å². The van der Waals surface area contributed by atoms with Gasteiger partial charge in [-0.2, -0.15) is 13.8 Å². The molecule has 0 spiro atoms. The summed E-state index contributed by atoms with van der Waals surface area (Å²) in [5.74, 6) is -1.23. The highest BCUT2D eigenvalue weighted by Gasteiger charge is 2.34. The average molecular weight is 508 g/mol. The summed E-state index contributed by atoms with van der Waals surface area (Å²) in [6, 6.07) is 9.12. The lowest BCUT2D eigenvalue weighted by molar-refractivity contribution is -0.146. The number of pyridine rings is 1. The van der Waals surface area contributed by atoms with Crippen molar-refractivity contribution in [2.45, 2.75) is 51.2 Å². The van der Waals surface area contributed by atoms with Crippen LogP contribution >= 0.6 is 0 Å². The fourth-order valence-electron chi connectivity index (χ4n) is 4.41. The van der Waals surface area contributed by atoms with Gasteiger partial charge in [-0.05, 0) is 43.4 Å². The minimum absolute atomic E-state index is 0.0451. The monoisotopic (exact) mass is 507 g/mol. The molecular weight excluding hydrogens is 476 g/mol. The maximum absolute atomic E-state index is 13.7. The number of esters is 1. The van der Waals surface area contributed by atoms with Crippen LogP contribution < -0.4 is 19.7 Å². The standard InChI is InChI=1S/C25H31F2N3O6/c1-15(14-31)18-6-4-5-7-20(18)30(17-10-8-16(9-11-17)23(32)35-3)25(33)28-19-12-13-21(34-2)29-22(19)36-24(26)27/h4-7,12-13,15-17,24,31H,8-11,14H2,1-3H3,(H,28,33). The van der Waals surface area contributed by atoms with Crippen LogP contribution in [0.25, 0.3) is 0 Å². The number of aliphatic hydroxyl groups is 1. The first-order valence-electron chi connectivity index (χ1n) is 11.7. The predicted octanol–water partition coefficient (Wildman–Crippen LogP) is 4.56. The smallest absolute Gasteiger partial charge is 0.388 e. The van der Waals surface area contributed by atoms with E-state index in [0.717, 1.165) is 5.56 Å². The third kappa shape index (κ3) is 6.39. The zero-order chi connectivity index (χ0) is 26.2. The van der Waals surface area contributed by atoms with Gasteiger partial charge >= 0.3 is 18.6 Å². The van der Waals surface area contributed by atoms with Crippen LogP contribution in [0.4, 0.5) is 25.0 Å². The van der Waals surface area contributed by atoms with Gasteiger partial charge in [-0.1, -0.05) is 25.1 Å². The lowest BCUT2D eigenvalue weighted by Crippen LogP contribution is -2.46. The molecule has 1 aromatic heterocycles. The molecule has 11 heteroatoms. The number of aromatic nitrogens is 1. The summed E-state index contributed by atoms with van der Waals surface area (Å²) in [6.45, 7) is -1.45. The average Bonchev–Trinajstić information content (AvgIpc) is 2.89. The predicted molar refractivity (Wildman–Crippen MR) is 129 cm³/mol. The van der Waals surface area contributed by atoms with Crippen LogP contribution in [0, 0.1) is 5.92 Å². The van der Waals surface area contributed by atoms with Crippen molar-refractivity contribution in [1.29, 1.82) is 0 Å². The first-order chi connectivity index (χ1) is 17.3. The Morgan fingerprint density at radius 3 is 2.44 bits per heavy atom. The van der Waals surface area contributed by atoms with Gasteiger partial charge in [-0.25, -0.2) is 4.79 Å². The third-order valence-corrected chi connectivity index (χ3v) is 6.30. The molecule has 1 saturated carbocycles. The largest absolute Gasteiger partial charge is 0.481 e. The molecule has 0 bridgehead atoms. The second-order valence-electron chi connectivity index (χ2n) is 8.56. The molecular formula is C25H31F2N3O6. The summed E-state index contributed by atoms with van der Waals surface area (Å²) in [5.41, 5.74) is 1.28. The number of nitrogens with zero attached hydrogens (tertiary/aromatic N) is 2.